The van der Waals surface area contributed by atoms with Crippen molar-refractivity contribution in [1.29, 1.82) is 5.26 Å². The number of benzene rings is 2. The second kappa shape index (κ2) is 9.84. The van der Waals surface area contributed by atoms with Crippen LogP contribution in [0.1, 0.15) is 61.8 Å². The van der Waals surface area contributed by atoms with Gasteiger partial charge in [0.2, 0.25) is 5.78 Å². The van der Waals surface area contributed by atoms with Gasteiger partial charge in [0.15, 0.2) is 5.60 Å². The van der Waals surface area contributed by atoms with E-state index in [4.69, 9.17) is 9.47 Å². The maximum atomic E-state index is 14.0. The summed E-state index contributed by atoms with van der Waals surface area (Å²) in [6, 6.07) is 12.2. The van der Waals surface area contributed by atoms with E-state index < -0.39 is 11.4 Å². The van der Waals surface area contributed by atoms with Crippen LogP contribution in [0.4, 0.5) is 0 Å². The molecule has 0 fully saturated rings. The highest BCUT2D eigenvalue weighted by molar-refractivity contribution is 6.33. The highest BCUT2D eigenvalue weighted by Gasteiger charge is 2.50. The van der Waals surface area contributed by atoms with Gasteiger partial charge in [0, 0.05) is 22.3 Å². The molecule has 0 radical (unpaired) electrons. The second-order valence-electron chi connectivity index (χ2n) is 7.76. The molecule has 1 N–H and O–H groups in total. The summed E-state index contributed by atoms with van der Waals surface area (Å²) >= 11 is 0. The number of methoxy groups -OCH3 is 2. The maximum absolute atomic E-state index is 14.0. The van der Waals surface area contributed by atoms with Crippen molar-refractivity contribution >= 4 is 16.9 Å². The molecule has 2 aromatic carbocycles. The zero-order valence-corrected chi connectivity index (χ0v) is 19.1. The molecule has 0 heterocycles. The molecule has 3 rings (SSSR count). The molecule has 5 nitrogen and oxygen atoms in total. The number of unbranched alkanes of at least 4 members (excludes halogenated alkanes) is 2. The number of rotatable bonds is 7. The van der Waals surface area contributed by atoms with E-state index in [1.807, 2.05) is 26.0 Å². The number of nitriles is 1. The number of ether oxygens (including phenoxy) is 2. The van der Waals surface area contributed by atoms with Crippen molar-refractivity contribution in [1.82, 2.24) is 0 Å². The lowest BCUT2D eigenvalue weighted by atomic mass is 9.68. The molecular formula is C27H29NO4. The number of hydrogen-bond acceptors (Lipinski definition) is 5. The summed E-state index contributed by atoms with van der Waals surface area (Å²) < 4.78 is 11.3. The van der Waals surface area contributed by atoms with Gasteiger partial charge < -0.3 is 14.6 Å². The van der Waals surface area contributed by atoms with Gasteiger partial charge in [-0.3, -0.25) is 4.79 Å². The molecule has 1 aliphatic carbocycles. The summed E-state index contributed by atoms with van der Waals surface area (Å²) in [5, 5.41) is 21.3. The number of ketones is 1. The Morgan fingerprint density at radius 3 is 2.03 bits per heavy atom. The molecule has 0 saturated heterocycles. The molecule has 1 atom stereocenters. The fourth-order valence-electron chi connectivity index (χ4n) is 4.15. The molecule has 0 aliphatic heterocycles. The van der Waals surface area contributed by atoms with Gasteiger partial charge >= 0.3 is 0 Å². The summed E-state index contributed by atoms with van der Waals surface area (Å²) in [6.45, 7) is 4.08. The van der Waals surface area contributed by atoms with Crippen LogP contribution in [0, 0.1) is 11.3 Å². The Morgan fingerprint density at radius 1 is 0.938 bits per heavy atom. The highest BCUT2D eigenvalue weighted by atomic mass is 16.5. The molecule has 1 unspecified atom stereocenters. The molecule has 32 heavy (non-hydrogen) atoms. The minimum Gasteiger partial charge on any atom is -0.496 e. The summed E-state index contributed by atoms with van der Waals surface area (Å²) in [7, 11) is 3.15. The van der Waals surface area contributed by atoms with Gasteiger partial charge in [-0.25, -0.2) is 0 Å². The van der Waals surface area contributed by atoms with Crippen molar-refractivity contribution in [2.75, 3.05) is 14.2 Å². The molecule has 0 spiro atoms. The summed E-state index contributed by atoms with van der Waals surface area (Å²) in [6.07, 6.45) is 6.84. The van der Waals surface area contributed by atoms with E-state index in [0.717, 1.165) is 12.8 Å². The van der Waals surface area contributed by atoms with E-state index in [0.29, 0.717) is 57.7 Å². The Balaban J connectivity index is 2.44. The number of carbonyl (C=O) groups is 1. The van der Waals surface area contributed by atoms with Crippen LogP contribution in [-0.2, 0) is 10.4 Å². The Kier molecular flexibility index (Phi) is 7.17. The fraction of sp³-hybridized carbons (Fsp3) is 0.333. The van der Waals surface area contributed by atoms with Crippen LogP contribution in [0.5, 0.6) is 11.5 Å². The van der Waals surface area contributed by atoms with Crippen molar-refractivity contribution in [3.8, 4) is 17.6 Å². The van der Waals surface area contributed by atoms with Gasteiger partial charge in [0.25, 0.3) is 0 Å². The highest BCUT2D eigenvalue weighted by Crippen LogP contribution is 2.53. The predicted molar refractivity (Wildman–Crippen MR) is 125 cm³/mol. The molecule has 5 heteroatoms. The molecule has 0 bridgehead atoms. The van der Waals surface area contributed by atoms with E-state index in [1.54, 1.807) is 50.6 Å². The average Bonchev–Trinajstić information content (AvgIpc) is 2.83. The number of Topliss-reactive ketones (excluding diaryl/α,β-unsaturated/α-hetero) is 1. The summed E-state index contributed by atoms with van der Waals surface area (Å²) in [5.74, 6) is 0.711. The first-order valence-corrected chi connectivity index (χ1v) is 10.9. The Morgan fingerprint density at radius 2 is 1.50 bits per heavy atom. The smallest absolute Gasteiger partial charge is 0.204 e. The van der Waals surface area contributed by atoms with Crippen molar-refractivity contribution in [2.24, 2.45) is 0 Å². The maximum Gasteiger partial charge on any atom is 0.204 e. The van der Waals surface area contributed by atoms with Crippen LogP contribution in [-0.4, -0.2) is 25.1 Å². The second-order valence-corrected chi connectivity index (χ2v) is 7.76. The van der Waals surface area contributed by atoms with E-state index >= 15 is 0 Å². The zero-order valence-electron chi connectivity index (χ0n) is 19.1. The third kappa shape index (κ3) is 3.83. The van der Waals surface area contributed by atoms with Gasteiger partial charge in [-0.15, -0.1) is 0 Å². The average molecular weight is 432 g/mol. The van der Waals surface area contributed by atoms with E-state index in [1.165, 1.54) is 0 Å². The molecule has 0 saturated carbocycles. The lowest BCUT2D eigenvalue weighted by Crippen LogP contribution is -2.41. The van der Waals surface area contributed by atoms with E-state index in [2.05, 4.69) is 6.07 Å². The number of aliphatic hydroxyl groups is 1. The van der Waals surface area contributed by atoms with Crippen LogP contribution in [0.25, 0.3) is 11.1 Å². The third-order valence-corrected chi connectivity index (χ3v) is 5.78. The van der Waals surface area contributed by atoms with Gasteiger partial charge in [0.1, 0.15) is 11.5 Å². The van der Waals surface area contributed by atoms with E-state index in [9.17, 15) is 15.2 Å². The van der Waals surface area contributed by atoms with Crippen molar-refractivity contribution in [3.63, 3.8) is 0 Å². The fourth-order valence-corrected chi connectivity index (χ4v) is 4.15. The van der Waals surface area contributed by atoms with Crippen LogP contribution in [0.3, 0.4) is 0 Å². The summed E-state index contributed by atoms with van der Waals surface area (Å²) in [5.41, 5.74) is 1.17. The van der Waals surface area contributed by atoms with E-state index in [-0.39, 0.29) is 0 Å². The number of carbonyl (C=O) groups excluding carboxylic acids is 1. The molecule has 166 valence electrons. The van der Waals surface area contributed by atoms with Crippen LogP contribution >= 0.6 is 0 Å². The normalized spacial score (nSPS) is 20.2. The van der Waals surface area contributed by atoms with Crippen LogP contribution < -0.4 is 9.47 Å². The standard InChI is InChI=1S/C27H29NO4/c1-5-7-9-20-24-22(31-3)15-16-23(32-4)25(24)21(10-8-6-2)27(30,26(20)29)19-13-11-18(17-28)12-14-19/h9-16,30H,5-8H2,1-4H3/b20-9-,21-10+. The molecule has 0 amide bonds. The van der Waals surface area contributed by atoms with Gasteiger partial charge in [-0.05, 0) is 42.7 Å². The Labute approximate surface area is 189 Å². The lowest BCUT2D eigenvalue weighted by Gasteiger charge is -2.38. The number of hydrogen-bond donors (Lipinski definition) is 1. The third-order valence-electron chi connectivity index (χ3n) is 5.78. The predicted octanol–water partition coefficient (Wildman–Crippen LogP) is 5.41. The number of allylic oxidation sites excluding steroid dienone is 2. The zero-order chi connectivity index (χ0) is 23.3. The van der Waals surface area contributed by atoms with Crippen molar-refractivity contribution in [3.05, 3.63) is 70.8 Å². The van der Waals surface area contributed by atoms with Gasteiger partial charge in [-0.1, -0.05) is 51.0 Å². The number of nitrogens with zero attached hydrogens (tertiary/aromatic N) is 1. The number of fused-ring (bicyclic) bond motifs is 1. The quantitative estimate of drug-likeness (QED) is 0.593. The molecule has 0 aromatic heterocycles. The minimum atomic E-state index is -1.91. The largest absolute Gasteiger partial charge is 0.496 e. The Hall–Kier alpha value is -3.36. The molecule has 2 aromatic rings. The van der Waals surface area contributed by atoms with Crippen LogP contribution in [0.2, 0.25) is 0 Å². The summed E-state index contributed by atoms with van der Waals surface area (Å²) in [4.78, 5) is 14.0. The minimum absolute atomic E-state index is 0.405. The van der Waals surface area contributed by atoms with Crippen LogP contribution in [0.15, 0.2) is 48.6 Å². The van der Waals surface area contributed by atoms with Gasteiger partial charge in [0.05, 0.1) is 25.9 Å². The van der Waals surface area contributed by atoms with Crippen molar-refractivity contribution in [2.45, 2.75) is 45.1 Å². The molecular weight excluding hydrogens is 402 g/mol. The first kappa shape index (κ1) is 23.3. The van der Waals surface area contributed by atoms with Crippen molar-refractivity contribution < 1.29 is 19.4 Å². The first-order chi connectivity index (χ1) is 15.5. The Bertz CT molecular complexity index is 1110. The lowest BCUT2D eigenvalue weighted by molar-refractivity contribution is -0.126. The van der Waals surface area contributed by atoms with Gasteiger partial charge in [-0.2, -0.15) is 5.26 Å². The topological polar surface area (TPSA) is 79.5 Å². The first-order valence-electron chi connectivity index (χ1n) is 10.9. The monoisotopic (exact) mass is 431 g/mol. The SMILES string of the molecule is CCC/C=C1\C(=O)C(O)(c2ccc(C#N)cc2)/C(=C/CCC)c2c(OC)ccc(OC)c21. The molecule has 1 aliphatic rings.